The van der Waals surface area contributed by atoms with Crippen LogP contribution >= 0.6 is 0 Å². The number of benzene rings is 1. The molecule has 0 aliphatic heterocycles. The van der Waals surface area contributed by atoms with E-state index in [1.54, 1.807) is 10.7 Å². The third-order valence-electron chi connectivity index (χ3n) is 3.80. The van der Waals surface area contributed by atoms with Crippen molar-refractivity contribution in [1.29, 1.82) is 0 Å². The van der Waals surface area contributed by atoms with E-state index in [4.69, 9.17) is 4.52 Å². The number of hydrogen-bond donors (Lipinski definition) is 1. The molecule has 2 heterocycles. The summed E-state index contributed by atoms with van der Waals surface area (Å²) in [4.78, 5) is 12.3. The van der Waals surface area contributed by atoms with Gasteiger partial charge in [0, 0.05) is 26.1 Å². The number of aryl methyl sites for hydroxylation is 3. The average molecular weight is 324 g/mol. The summed E-state index contributed by atoms with van der Waals surface area (Å²) >= 11 is 0. The van der Waals surface area contributed by atoms with Gasteiger partial charge < -0.3 is 9.84 Å². The van der Waals surface area contributed by atoms with Crippen molar-refractivity contribution in [2.24, 2.45) is 7.05 Å². The van der Waals surface area contributed by atoms with Crippen LogP contribution in [0.3, 0.4) is 0 Å². The summed E-state index contributed by atoms with van der Waals surface area (Å²) in [5.74, 6) is 0.577. The van der Waals surface area contributed by atoms with Gasteiger partial charge in [-0.25, -0.2) is 0 Å². The second kappa shape index (κ2) is 6.70. The predicted octanol–water partition coefficient (Wildman–Crippen LogP) is 2.66. The molecule has 0 saturated carbocycles. The molecule has 0 radical (unpaired) electrons. The van der Waals surface area contributed by atoms with Gasteiger partial charge in [-0.15, -0.1) is 0 Å². The number of nitrogens with one attached hydrogen (secondary N) is 1. The molecule has 2 aromatic heterocycles. The molecule has 0 aliphatic carbocycles. The number of hydrogen-bond acceptors (Lipinski definition) is 4. The van der Waals surface area contributed by atoms with Gasteiger partial charge in [0.1, 0.15) is 5.76 Å². The number of rotatable bonds is 5. The minimum absolute atomic E-state index is 0.191. The second-order valence-electron chi connectivity index (χ2n) is 5.84. The Morgan fingerprint density at radius 3 is 2.62 bits per heavy atom. The van der Waals surface area contributed by atoms with Crippen LogP contribution in [0, 0.1) is 13.8 Å². The van der Waals surface area contributed by atoms with E-state index >= 15 is 0 Å². The Morgan fingerprint density at radius 2 is 1.96 bits per heavy atom. The van der Waals surface area contributed by atoms with Crippen LogP contribution in [0.15, 0.2) is 40.9 Å². The molecule has 1 amide bonds. The van der Waals surface area contributed by atoms with Crippen molar-refractivity contribution < 1.29 is 9.32 Å². The fraction of sp³-hybridized carbons (Fsp3) is 0.278. The molecule has 0 bridgehead atoms. The van der Waals surface area contributed by atoms with Gasteiger partial charge in [-0.05, 0) is 25.5 Å². The molecule has 3 rings (SSSR count). The van der Waals surface area contributed by atoms with Gasteiger partial charge in [0.2, 0.25) is 0 Å². The van der Waals surface area contributed by atoms with E-state index < -0.39 is 0 Å². The van der Waals surface area contributed by atoms with E-state index in [1.165, 1.54) is 5.56 Å². The normalized spacial score (nSPS) is 10.8. The Bertz CT molecular complexity index is 846. The Labute approximate surface area is 140 Å². The maximum Gasteiger partial charge on any atom is 0.271 e. The molecule has 24 heavy (non-hydrogen) atoms. The topological polar surface area (TPSA) is 73.0 Å². The highest BCUT2D eigenvalue weighted by molar-refractivity contribution is 5.93. The molecular formula is C18H20N4O2. The molecule has 124 valence electrons. The van der Waals surface area contributed by atoms with E-state index in [1.807, 2.05) is 51.2 Å². The van der Waals surface area contributed by atoms with Crippen LogP contribution in [0.25, 0.3) is 11.3 Å². The summed E-state index contributed by atoms with van der Waals surface area (Å²) in [5.41, 5.74) is 4.38. The monoisotopic (exact) mass is 324 g/mol. The molecule has 6 heteroatoms. The minimum Gasteiger partial charge on any atom is -0.361 e. The van der Waals surface area contributed by atoms with E-state index in [-0.39, 0.29) is 5.91 Å². The van der Waals surface area contributed by atoms with Crippen LogP contribution in [0.5, 0.6) is 0 Å². The molecular weight excluding hydrogens is 304 g/mol. The lowest BCUT2D eigenvalue weighted by Crippen LogP contribution is -2.26. The van der Waals surface area contributed by atoms with Gasteiger partial charge in [0.15, 0.2) is 5.69 Å². The number of carbonyl (C=O) groups is 1. The molecule has 3 aromatic rings. The first-order chi connectivity index (χ1) is 11.5. The molecule has 0 fully saturated rings. The third kappa shape index (κ3) is 3.53. The Hall–Kier alpha value is -2.89. The number of aromatic nitrogens is 3. The van der Waals surface area contributed by atoms with E-state index in [0.29, 0.717) is 18.7 Å². The Morgan fingerprint density at radius 1 is 1.21 bits per heavy atom. The van der Waals surface area contributed by atoms with Crippen molar-refractivity contribution in [3.8, 4) is 11.3 Å². The number of nitrogens with zero attached hydrogens (tertiary/aromatic N) is 3. The van der Waals surface area contributed by atoms with Crippen molar-refractivity contribution in [2.75, 3.05) is 6.54 Å². The summed E-state index contributed by atoms with van der Waals surface area (Å²) in [6.07, 6.45) is 0.626. The summed E-state index contributed by atoms with van der Waals surface area (Å²) < 4.78 is 6.73. The summed E-state index contributed by atoms with van der Waals surface area (Å²) in [5, 5.41) is 11.1. The zero-order chi connectivity index (χ0) is 17.1. The van der Waals surface area contributed by atoms with Crippen molar-refractivity contribution in [3.05, 3.63) is 59.1 Å². The summed E-state index contributed by atoms with van der Waals surface area (Å²) in [6.45, 7) is 4.37. The van der Waals surface area contributed by atoms with Crippen molar-refractivity contribution in [3.63, 3.8) is 0 Å². The SMILES string of the molecule is Cc1ccc(-c2cc(C(=O)NCCc3cc(C)on3)nn2C)cc1. The highest BCUT2D eigenvalue weighted by Crippen LogP contribution is 2.20. The van der Waals surface area contributed by atoms with Crippen LogP contribution in [-0.4, -0.2) is 27.4 Å². The van der Waals surface area contributed by atoms with Crippen LogP contribution in [-0.2, 0) is 13.5 Å². The van der Waals surface area contributed by atoms with E-state index in [2.05, 4.69) is 15.6 Å². The zero-order valence-electron chi connectivity index (χ0n) is 14.0. The maximum absolute atomic E-state index is 12.3. The van der Waals surface area contributed by atoms with Crippen LogP contribution < -0.4 is 5.32 Å². The minimum atomic E-state index is -0.191. The first-order valence-corrected chi connectivity index (χ1v) is 7.84. The van der Waals surface area contributed by atoms with Crippen LogP contribution in [0.2, 0.25) is 0 Å². The number of amides is 1. The smallest absolute Gasteiger partial charge is 0.271 e. The van der Waals surface area contributed by atoms with Crippen LogP contribution in [0.1, 0.15) is 27.5 Å². The number of carbonyl (C=O) groups excluding carboxylic acids is 1. The van der Waals surface area contributed by atoms with Gasteiger partial charge in [0.05, 0.1) is 11.4 Å². The third-order valence-corrected chi connectivity index (χ3v) is 3.80. The Balaban J connectivity index is 1.65. The van der Waals surface area contributed by atoms with E-state index in [0.717, 1.165) is 22.7 Å². The fourth-order valence-corrected chi connectivity index (χ4v) is 2.50. The lowest BCUT2D eigenvalue weighted by atomic mass is 10.1. The van der Waals surface area contributed by atoms with Gasteiger partial charge in [-0.1, -0.05) is 35.0 Å². The molecule has 0 saturated heterocycles. The van der Waals surface area contributed by atoms with Crippen molar-refractivity contribution in [1.82, 2.24) is 20.3 Å². The van der Waals surface area contributed by atoms with Gasteiger partial charge in [0.25, 0.3) is 5.91 Å². The lowest BCUT2D eigenvalue weighted by Gasteiger charge is -2.01. The molecule has 0 aliphatic rings. The average Bonchev–Trinajstić information content (AvgIpc) is 3.14. The van der Waals surface area contributed by atoms with Crippen LogP contribution in [0.4, 0.5) is 0 Å². The quantitative estimate of drug-likeness (QED) is 0.783. The largest absolute Gasteiger partial charge is 0.361 e. The van der Waals surface area contributed by atoms with E-state index in [9.17, 15) is 4.79 Å². The zero-order valence-corrected chi connectivity index (χ0v) is 14.0. The molecule has 0 spiro atoms. The molecule has 0 atom stereocenters. The van der Waals surface area contributed by atoms with Crippen molar-refractivity contribution in [2.45, 2.75) is 20.3 Å². The lowest BCUT2D eigenvalue weighted by molar-refractivity contribution is 0.0948. The first kappa shape index (κ1) is 16.0. The van der Waals surface area contributed by atoms with Gasteiger partial charge in [-0.3, -0.25) is 9.48 Å². The van der Waals surface area contributed by atoms with Crippen molar-refractivity contribution >= 4 is 5.91 Å². The molecule has 1 aromatic carbocycles. The maximum atomic E-state index is 12.3. The predicted molar refractivity (Wildman–Crippen MR) is 90.7 cm³/mol. The molecule has 1 N–H and O–H groups in total. The molecule has 6 nitrogen and oxygen atoms in total. The first-order valence-electron chi connectivity index (χ1n) is 7.84. The standard InChI is InChI=1S/C18H20N4O2/c1-12-4-6-14(7-5-12)17-11-16(20-22(17)3)18(23)19-9-8-15-10-13(2)24-21-15/h4-7,10-11H,8-9H2,1-3H3,(H,19,23). The fourth-order valence-electron chi connectivity index (χ4n) is 2.50. The molecule has 0 unspecified atom stereocenters. The highest BCUT2D eigenvalue weighted by Gasteiger charge is 2.13. The Kier molecular flexibility index (Phi) is 4.46. The van der Waals surface area contributed by atoms with Gasteiger partial charge >= 0.3 is 0 Å². The second-order valence-corrected chi connectivity index (χ2v) is 5.84. The van der Waals surface area contributed by atoms with Gasteiger partial charge in [-0.2, -0.15) is 5.10 Å². The summed E-state index contributed by atoms with van der Waals surface area (Å²) in [6, 6.07) is 11.8. The summed E-state index contributed by atoms with van der Waals surface area (Å²) in [7, 11) is 1.84. The highest BCUT2D eigenvalue weighted by atomic mass is 16.5.